The normalized spacial score (nSPS) is 28.4. The molecule has 0 aromatic carbocycles. The number of aliphatic carboxylic acids is 1. The molecule has 0 aromatic heterocycles. The minimum atomic E-state index is -1.04. The van der Waals surface area contributed by atoms with Crippen LogP contribution in [0.2, 0.25) is 0 Å². The first kappa shape index (κ1) is 11.0. The van der Waals surface area contributed by atoms with Gasteiger partial charge in [0.2, 0.25) is 5.91 Å². The lowest BCUT2D eigenvalue weighted by Crippen LogP contribution is -2.45. The van der Waals surface area contributed by atoms with Crippen molar-refractivity contribution in [3.63, 3.8) is 0 Å². The van der Waals surface area contributed by atoms with Gasteiger partial charge in [0.25, 0.3) is 0 Å². The Morgan fingerprint density at radius 3 is 2.64 bits per heavy atom. The fraction of sp³-hybridized carbons (Fsp3) is 0.778. The summed E-state index contributed by atoms with van der Waals surface area (Å²) < 4.78 is 5.20. The van der Waals surface area contributed by atoms with Gasteiger partial charge in [0, 0.05) is 6.61 Å². The topological polar surface area (TPSA) is 75.6 Å². The maximum absolute atomic E-state index is 11.5. The second-order valence-electron chi connectivity index (χ2n) is 3.63. The summed E-state index contributed by atoms with van der Waals surface area (Å²) in [6.45, 7) is 3.92. The van der Waals surface area contributed by atoms with E-state index in [-0.39, 0.29) is 11.8 Å². The molecular formula is C9H15NO4. The SMILES string of the molecule is CC1CCOC1C(=O)N[C@@H](C)C(=O)O. The van der Waals surface area contributed by atoms with Crippen LogP contribution in [0, 0.1) is 5.92 Å². The summed E-state index contributed by atoms with van der Waals surface area (Å²) in [6.07, 6.45) is 0.358. The summed E-state index contributed by atoms with van der Waals surface area (Å²) in [6, 6.07) is -0.862. The van der Waals surface area contributed by atoms with Crippen LogP contribution in [0.25, 0.3) is 0 Å². The molecule has 1 fully saturated rings. The summed E-state index contributed by atoms with van der Waals surface area (Å²) in [5.74, 6) is -1.20. The first-order valence-corrected chi connectivity index (χ1v) is 4.67. The molecule has 5 nitrogen and oxygen atoms in total. The van der Waals surface area contributed by atoms with E-state index in [0.717, 1.165) is 6.42 Å². The first-order valence-electron chi connectivity index (χ1n) is 4.67. The summed E-state index contributed by atoms with van der Waals surface area (Å²) in [4.78, 5) is 21.9. The standard InChI is InChI=1S/C9H15NO4/c1-5-3-4-14-7(5)8(11)10-6(2)9(12)13/h5-7H,3-4H2,1-2H3,(H,10,11)(H,12,13)/t5?,6-,7?/m0/s1. The second-order valence-corrected chi connectivity index (χ2v) is 3.63. The number of carboxylic acid groups (broad SMARTS) is 1. The molecule has 80 valence electrons. The van der Waals surface area contributed by atoms with Crippen molar-refractivity contribution < 1.29 is 19.4 Å². The number of hydrogen-bond donors (Lipinski definition) is 2. The highest BCUT2D eigenvalue weighted by Gasteiger charge is 2.32. The van der Waals surface area contributed by atoms with E-state index in [2.05, 4.69) is 5.32 Å². The molecular weight excluding hydrogens is 186 g/mol. The average molecular weight is 201 g/mol. The molecule has 0 spiro atoms. The zero-order chi connectivity index (χ0) is 10.7. The molecule has 0 aromatic rings. The number of carboxylic acids is 1. The Kier molecular flexibility index (Phi) is 3.46. The molecule has 5 heteroatoms. The van der Waals surface area contributed by atoms with Gasteiger partial charge in [-0.1, -0.05) is 6.92 Å². The number of hydrogen-bond acceptors (Lipinski definition) is 3. The van der Waals surface area contributed by atoms with Crippen LogP contribution < -0.4 is 5.32 Å². The highest BCUT2D eigenvalue weighted by molar-refractivity contribution is 5.86. The van der Waals surface area contributed by atoms with E-state index in [9.17, 15) is 9.59 Å². The van der Waals surface area contributed by atoms with Gasteiger partial charge >= 0.3 is 5.97 Å². The first-order chi connectivity index (χ1) is 6.52. The Bertz CT molecular complexity index is 241. The Labute approximate surface area is 82.4 Å². The summed E-state index contributed by atoms with van der Waals surface area (Å²) in [5, 5.41) is 11.0. The molecule has 0 saturated carbocycles. The lowest BCUT2D eigenvalue weighted by Gasteiger charge is -2.16. The van der Waals surface area contributed by atoms with Crippen LogP contribution in [0.4, 0.5) is 0 Å². The molecule has 1 saturated heterocycles. The van der Waals surface area contributed by atoms with Gasteiger partial charge in [-0.2, -0.15) is 0 Å². The lowest BCUT2D eigenvalue weighted by atomic mass is 10.0. The Morgan fingerprint density at radius 1 is 1.57 bits per heavy atom. The number of amides is 1. The highest BCUT2D eigenvalue weighted by Crippen LogP contribution is 2.19. The van der Waals surface area contributed by atoms with Crippen molar-refractivity contribution in [3.8, 4) is 0 Å². The van der Waals surface area contributed by atoms with E-state index >= 15 is 0 Å². The van der Waals surface area contributed by atoms with Crippen molar-refractivity contribution in [1.29, 1.82) is 0 Å². The van der Waals surface area contributed by atoms with Crippen LogP contribution in [0.5, 0.6) is 0 Å². The third kappa shape index (κ3) is 2.45. The predicted molar refractivity (Wildman–Crippen MR) is 48.8 cm³/mol. The average Bonchev–Trinajstić information content (AvgIpc) is 2.51. The number of ether oxygens (including phenoxy) is 1. The zero-order valence-electron chi connectivity index (χ0n) is 8.32. The molecule has 1 heterocycles. The van der Waals surface area contributed by atoms with Gasteiger partial charge in [-0.05, 0) is 19.3 Å². The van der Waals surface area contributed by atoms with Crippen LogP contribution >= 0.6 is 0 Å². The van der Waals surface area contributed by atoms with Crippen molar-refractivity contribution in [1.82, 2.24) is 5.32 Å². The Balaban J connectivity index is 2.45. The van der Waals surface area contributed by atoms with Crippen molar-refractivity contribution >= 4 is 11.9 Å². The van der Waals surface area contributed by atoms with E-state index in [1.165, 1.54) is 6.92 Å². The van der Waals surface area contributed by atoms with E-state index in [4.69, 9.17) is 9.84 Å². The van der Waals surface area contributed by atoms with Crippen molar-refractivity contribution in [2.75, 3.05) is 6.61 Å². The minimum absolute atomic E-state index is 0.163. The predicted octanol–water partition coefficient (Wildman–Crippen LogP) is 0.000700. The number of carbonyl (C=O) groups excluding carboxylic acids is 1. The summed E-state index contributed by atoms with van der Waals surface area (Å²) >= 11 is 0. The van der Waals surface area contributed by atoms with Gasteiger partial charge in [0.1, 0.15) is 12.1 Å². The van der Waals surface area contributed by atoms with Gasteiger partial charge in [0.05, 0.1) is 0 Å². The van der Waals surface area contributed by atoms with Gasteiger partial charge in [-0.15, -0.1) is 0 Å². The van der Waals surface area contributed by atoms with Crippen molar-refractivity contribution in [3.05, 3.63) is 0 Å². The maximum Gasteiger partial charge on any atom is 0.325 e. The molecule has 1 aliphatic heterocycles. The van der Waals surface area contributed by atoms with E-state index in [0.29, 0.717) is 6.61 Å². The maximum atomic E-state index is 11.5. The molecule has 2 unspecified atom stereocenters. The molecule has 0 aliphatic carbocycles. The van der Waals surface area contributed by atoms with Crippen LogP contribution in [-0.2, 0) is 14.3 Å². The molecule has 3 atom stereocenters. The van der Waals surface area contributed by atoms with Gasteiger partial charge in [-0.25, -0.2) is 0 Å². The second kappa shape index (κ2) is 4.41. The van der Waals surface area contributed by atoms with Crippen molar-refractivity contribution in [2.45, 2.75) is 32.4 Å². The molecule has 14 heavy (non-hydrogen) atoms. The summed E-state index contributed by atoms with van der Waals surface area (Å²) in [7, 11) is 0. The van der Waals surface area contributed by atoms with Gasteiger partial charge < -0.3 is 15.2 Å². The van der Waals surface area contributed by atoms with E-state index in [1.807, 2.05) is 6.92 Å². The largest absolute Gasteiger partial charge is 0.480 e. The third-order valence-electron chi connectivity index (χ3n) is 2.38. The van der Waals surface area contributed by atoms with Crippen LogP contribution in [0.15, 0.2) is 0 Å². The zero-order valence-corrected chi connectivity index (χ0v) is 8.32. The minimum Gasteiger partial charge on any atom is -0.480 e. The number of nitrogens with one attached hydrogen (secondary N) is 1. The molecule has 1 rings (SSSR count). The van der Waals surface area contributed by atoms with Crippen LogP contribution in [-0.4, -0.2) is 35.7 Å². The van der Waals surface area contributed by atoms with Crippen LogP contribution in [0.3, 0.4) is 0 Å². The Hall–Kier alpha value is -1.10. The smallest absolute Gasteiger partial charge is 0.325 e. The number of carbonyl (C=O) groups is 2. The fourth-order valence-corrected chi connectivity index (χ4v) is 1.39. The quantitative estimate of drug-likeness (QED) is 0.674. The fourth-order valence-electron chi connectivity index (χ4n) is 1.39. The van der Waals surface area contributed by atoms with Crippen molar-refractivity contribution in [2.24, 2.45) is 5.92 Å². The molecule has 2 N–H and O–H groups in total. The number of rotatable bonds is 3. The molecule has 0 radical (unpaired) electrons. The van der Waals surface area contributed by atoms with Crippen LogP contribution in [0.1, 0.15) is 20.3 Å². The Morgan fingerprint density at radius 2 is 2.21 bits per heavy atom. The monoisotopic (exact) mass is 201 g/mol. The van der Waals surface area contributed by atoms with Gasteiger partial charge in [0.15, 0.2) is 0 Å². The summed E-state index contributed by atoms with van der Waals surface area (Å²) in [5.41, 5.74) is 0. The van der Waals surface area contributed by atoms with E-state index < -0.39 is 18.1 Å². The third-order valence-corrected chi connectivity index (χ3v) is 2.38. The molecule has 0 bridgehead atoms. The molecule has 1 aliphatic rings. The van der Waals surface area contributed by atoms with E-state index in [1.54, 1.807) is 0 Å². The van der Waals surface area contributed by atoms with Gasteiger partial charge in [-0.3, -0.25) is 9.59 Å². The highest BCUT2D eigenvalue weighted by atomic mass is 16.5. The lowest BCUT2D eigenvalue weighted by molar-refractivity contribution is -0.143. The molecule has 1 amide bonds.